The zero-order chi connectivity index (χ0) is 22.3. The third-order valence-electron chi connectivity index (χ3n) is 4.83. The smallest absolute Gasteiger partial charge is 0.241 e. The van der Waals surface area contributed by atoms with Gasteiger partial charge in [-0.2, -0.15) is 0 Å². The van der Waals surface area contributed by atoms with E-state index in [4.69, 9.17) is 4.74 Å². The van der Waals surface area contributed by atoms with Crippen LogP contribution in [0.2, 0.25) is 0 Å². The Morgan fingerprint density at radius 2 is 1.93 bits per heavy atom. The van der Waals surface area contributed by atoms with Crippen molar-refractivity contribution in [1.82, 2.24) is 5.32 Å². The first kappa shape index (κ1) is 22.0. The Labute approximate surface area is 174 Å². The molecule has 9 heteroatoms. The van der Waals surface area contributed by atoms with Gasteiger partial charge in [-0.3, -0.25) is 9.10 Å². The van der Waals surface area contributed by atoms with E-state index in [1.165, 1.54) is 0 Å². The number of nitrogens with one attached hydrogen (secondary N) is 1. The van der Waals surface area contributed by atoms with Crippen LogP contribution in [0.15, 0.2) is 36.4 Å². The summed E-state index contributed by atoms with van der Waals surface area (Å²) in [7, 11) is -3.99. The molecule has 0 saturated carbocycles. The maximum atomic E-state index is 14.2. The molecule has 0 aromatic heterocycles. The van der Waals surface area contributed by atoms with Crippen molar-refractivity contribution in [2.45, 2.75) is 38.8 Å². The largest absolute Gasteiger partial charge is 0.487 e. The molecular weight excluding hydrogens is 414 g/mol. The Bertz CT molecular complexity index is 1090. The van der Waals surface area contributed by atoms with Crippen molar-refractivity contribution in [3.63, 3.8) is 0 Å². The summed E-state index contributed by atoms with van der Waals surface area (Å²) in [6.07, 6.45) is 1.33. The van der Waals surface area contributed by atoms with Crippen molar-refractivity contribution in [2.75, 3.05) is 17.1 Å². The van der Waals surface area contributed by atoms with E-state index in [0.29, 0.717) is 22.5 Å². The highest BCUT2D eigenvalue weighted by molar-refractivity contribution is 7.92. The van der Waals surface area contributed by atoms with Gasteiger partial charge in [-0.25, -0.2) is 17.2 Å². The lowest BCUT2D eigenvalue weighted by Gasteiger charge is -2.38. The molecule has 2 aromatic rings. The Hall–Kier alpha value is -2.68. The fourth-order valence-electron chi connectivity index (χ4n) is 3.52. The van der Waals surface area contributed by atoms with Gasteiger partial charge in [0.25, 0.3) is 0 Å². The lowest BCUT2D eigenvalue weighted by atomic mass is 9.89. The molecule has 1 atom stereocenters. The van der Waals surface area contributed by atoms with Crippen LogP contribution in [0.4, 0.5) is 14.5 Å². The molecular formula is C21H24F2N2O4S. The Kier molecular flexibility index (Phi) is 5.77. The van der Waals surface area contributed by atoms with Crippen LogP contribution >= 0.6 is 0 Å². The summed E-state index contributed by atoms with van der Waals surface area (Å²) in [4.78, 5) is 12.8. The van der Waals surface area contributed by atoms with Gasteiger partial charge in [0, 0.05) is 18.1 Å². The van der Waals surface area contributed by atoms with Crippen LogP contribution in [0.1, 0.15) is 37.4 Å². The molecule has 2 aromatic carbocycles. The molecule has 0 bridgehead atoms. The Morgan fingerprint density at radius 3 is 2.57 bits per heavy atom. The molecule has 30 heavy (non-hydrogen) atoms. The Morgan fingerprint density at radius 1 is 1.23 bits per heavy atom. The van der Waals surface area contributed by atoms with E-state index in [-0.39, 0.29) is 0 Å². The normalized spacial score (nSPS) is 17.6. The van der Waals surface area contributed by atoms with Gasteiger partial charge in [-0.15, -0.1) is 0 Å². The number of rotatable bonds is 5. The number of nitrogens with zero attached hydrogens (tertiary/aromatic N) is 1. The maximum absolute atomic E-state index is 14.2. The fraction of sp³-hybridized carbons (Fsp3) is 0.381. The summed E-state index contributed by atoms with van der Waals surface area (Å²) in [6, 6.07) is 7.74. The highest BCUT2D eigenvalue weighted by Gasteiger charge is 2.35. The predicted octanol–water partition coefficient (Wildman–Crippen LogP) is 3.46. The number of anilines is 1. The van der Waals surface area contributed by atoms with Crippen LogP contribution in [0, 0.1) is 18.6 Å². The van der Waals surface area contributed by atoms with E-state index < -0.39 is 51.4 Å². The number of amides is 1. The lowest BCUT2D eigenvalue weighted by Crippen LogP contribution is -2.45. The third kappa shape index (κ3) is 4.89. The maximum Gasteiger partial charge on any atom is 0.241 e. The minimum Gasteiger partial charge on any atom is -0.487 e. The summed E-state index contributed by atoms with van der Waals surface area (Å²) in [6.45, 7) is 5.09. The Balaban J connectivity index is 1.86. The zero-order valence-electron chi connectivity index (χ0n) is 17.2. The number of benzene rings is 2. The van der Waals surface area contributed by atoms with Crippen LogP contribution in [0.5, 0.6) is 5.75 Å². The van der Waals surface area contributed by atoms with Gasteiger partial charge in [0.2, 0.25) is 15.9 Å². The summed E-state index contributed by atoms with van der Waals surface area (Å²) in [5.41, 5.74) is 0.856. The van der Waals surface area contributed by atoms with Crippen LogP contribution in [0.25, 0.3) is 0 Å². The highest BCUT2D eigenvalue weighted by Crippen LogP contribution is 2.39. The average molecular weight is 438 g/mol. The molecule has 162 valence electrons. The second-order valence-electron chi connectivity index (χ2n) is 8.09. The number of hydrogen-bond acceptors (Lipinski definition) is 4. The number of halogens is 2. The molecule has 1 aliphatic heterocycles. The van der Waals surface area contributed by atoms with E-state index in [1.54, 1.807) is 0 Å². The standard InChI is InChI=1S/C21H24F2N2O4S/c1-13-5-7-15-17(11-21(2,3)29-19(15)9-13)24-20(26)12-25(30(4,27)28)18-8-6-14(22)10-16(18)23/h5-10,17H,11-12H2,1-4H3,(H,24,26)/t17-/m0/s1. The summed E-state index contributed by atoms with van der Waals surface area (Å²) < 4.78 is 58.4. The van der Waals surface area contributed by atoms with Crippen molar-refractivity contribution in [2.24, 2.45) is 0 Å². The van der Waals surface area contributed by atoms with E-state index in [1.807, 2.05) is 39.0 Å². The topological polar surface area (TPSA) is 75.7 Å². The van der Waals surface area contributed by atoms with Crippen LogP contribution in [-0.2, 0) is 14.8 Å². The molecule has 0 unspecified atom stereocenters. The van der Waals surface area contributed by atoms with E-state index in [9.17, 15) is 22.0 Å². The molecule has 0 fully saturated rings. The third-order valence-corrected chi connectivity index (χ3v) is 5.95. The summed E-state index contributed by atoms with van der Waals surface area (Å²) in [5, 5.41) is 2.83. The number of ether oxygens (including phenoxy) is 1. The molecule has 1 amide bonds. The molecule has 1 aliphatic rings. The van der Waals surface area contributed by atoms with E-state index in [2.05, 4.69) is 5.32 Å². The second-order valence-corrected chi connectivity index (χ2v) is 10.00. The second kappa shape index (κ2) is 7.86. The van der Waals surface area contributed by atoms with Crippen molar-refractivity contribution in [3.05, 3.63) is 59.2 Å². The monoisotopic (exact) mass is 438 g/mol. The van der Waals surface area contributed by atoms with Gasteiger partial charge < -0.3 is 10.1 Å². The SMILES string of the molecule is Cc1ccc2c(c1)OC(C)(C)C[C@@H]2NC(=O)CN(c1ccc(F)cc1F)S(C)(=O)=O. The van der Waals surface area contributed by atoms with Crippen molar-refractivity contribution >= 4 is 21.6 Å². The molecule has 3 rings (SSSR count). The summed E-state index contributed by atoms with van der Waals surface area (Å²) >= 11 is 0. The van der Waals surface area contributed by atoms with Gasteiger partial charge in [-0.1, -0.05) is 12.1 Å². The first-order valence-electron chi connectivity index (χ1n) is 9.37. The van der Waals surface area contributed by atoms with E-state index in [0.717, 1.165) is 29.5 Å². The minimum absolute atomic E-state index is 0.391. The van der Waals surface area contributed by atoms with Crippen LogP contribution in [0.3, 0.4) is 0 Å². The molecule has 0 saturated heterocycles. The van der Waals surface area contributed by atoms with Gasteiger partial charge in [0.05, 0.1) is 18.0 Å². The average Bonchev–Trinajstić information content (AvgIpc) is 2.58. The van der Waals surface area contributed by atoms with E-state index >= 15 is 0 Å². The lowest BCUT2D eigenvalue weighted by molar-refractivity contribution is -0.120. The van der Waals surface area contributed by atoms with Crippen molar-refractivity contribution < 1.29 is 26.7 Å². The number of aryl methyl sites for hydroxylation is 1. The molecule has 1 heterocycles. The van der Waals surface area contributed by atoms with Gasteiger partial charge in [0.15, 0.2) is 0 Å². The first-order chi connectivity index (χ1) is 13.9. The first-order valence-corrected chi connectivity index (χ1v) is 11.2. The minimum atomic E-state index is -3.99. The van der Waals surface area contributed by atoms with Crippen molar-refractivity contribution in [3.8, 4) is 5.75 Å². The van der Waals surface area contributed by atoms with Gasteiger partial charge in [0.1, 0.15) is 29.5 Å². The van der Waals surface area contributed by atoms with Crippen LogP contribution < -0.4 is 14.4 Å². The van der Waals surface area contributed by atoms with Gasteiger partial charge in [-0.05, 0) is 44.5 Å². The molecule has 0 radical (unpaired) electrons. The van der Waals surface area contributed by atoms with Gasteiger partial charge >= 0.3 is 0 Å². The molecule has 0 spiro atoms. The predicted molar refractivity (Wildman–Crippen MR) is 110 cm³/mol. The number of fused-ring (bicyclic) bond motifs is 1. The summed E-state index contributed by atoms with van der Waals surface area (Å²) in [5.74, 6) is -1.87. The quantitative estimate of drug-likeness (QED) is 0.776. The zero-order valence-corrected chi connectivity index (χ0v) is 18.0. The number of carbonyl (C=O) groups is 1. The molecule has 6 nitrogen and oxygen atoms in total. The molecule has 0 aliphatic carbocycles. The highest BCUT2D eigenvalue weighted by atomic mass is 32.2. The fourth-order valence-corrected chi connectivity index (χ4v) is 4.38. The number of sulfonamides is 1. The number of hydrogen-bond donors (Lipinski definition) is 1. The number of carbonyl (C=O) groups excluding carboxylic acids is 1. The van der Waals surface area contributed by atoms with Crippen LogP contribution in [-0.4, -0.2) is 32.7 Å². The molecule has 1 N–H and O–H groups in total. The van der Waals surface area contributed by atoms with Crippen molar-refractivity contribution in [1.29, 1.82) is 0 Å².